The number of hydrogen-bond acceptors (Lipinski definition) is 4. The molecular formula is C11H13F3N4O. The van der Waals surface area contributed by atoms with Gasteiger partial charge in [0.25, 0.3) is 5.91 Å². The molecule has 2 N–H and O–H groups in total. The van der Waals surface area contributed by atoms with Gasteiger partial charge in [0.2, 0.25) is 0 Å². The minimum absolute atomic E-state index is 0.0252. The highest BCUT2D eigenvalue weighted by atomic mass is 19.4. The summed E-state index contributed by atoms with van der Waals surface area (Å²) in [6, 6.07) is 0. The van der Waals surface area contributed by atoms with Gasteiger partial charge in [-0.3, -0.25) is 9.78 Å². The van der Waals surface area contributed by atoms with Crippen molar-refractivity contribution in [2.24, 2.45) is 5.92 Å². The minimum Gasteiger partial charge on any atom is -0.382 e. The summed E-state index contributed by atoms with van der Waals surface area (Å²) in [7, 11) is 0. The maximum atomic E-state index is 12.7. The number of anilines is 1. The number of aromatic nitrogens is 2. The van der Waals surface area contributed by atoms with Gasteiger partial charge in [-0.25, -0.2) is 4.98 Å². The van der Waals surface area contributed by atoms with Crippen LogP contribution < -0.4 is 5.73 Å². The summed E-state index contributed by atoms with van der Waals surface area (Å²) in [5.74, 6) is -1.97. The molecule has 1 aromatic rings. The van der Waals surface area contributed by atoms with Crippen molar-refractivity contribution in [3.05, 3.63) is 18.1 Å². The fourth-order valence-electron chi connectivity index (χ4n) is 2.07. The van der Waals surface area contributed by atoms with Gasteiger partial charge in [-0.05, 0) is 12.8 Å². The Morgan fingerprint density at radius 3 is 2.79 bits per heavy atom. The van der Waals surface area contributed by atoms with Crippen molar-refractivity contribution in [2.75, 3.05) is 18.8 Å². The van der Waals surface area contributed by atoms with Crippen molar-refractivity contribution in [3.8, 4) is 0 Å². The molecule has 1 aromatic heterocycles. The van der Waals surface area contributed by atoms with Gasteiger partial charge in [0, 0.05) is 13.1 Å². The average Bonchev–Trinajstić information content (AvgIpc) is 2.37. The van der Waals surface area contributed by atoms with E-state index in [9.17, 15) is 18.0 Å². The maximum absolute atomic E-state index is 12.7. The molecule has 104 valence electrons. The number of carbonyl (C=O) groups excluding carboxylic acids is 1. The summed E-state index contributed by atoms with van der Waals surface area (Å²) in [5, 5.41) is 0. The first-order chi connectivity index (χ1) is 8.88. The fourth-order valence-corrected chi connectivity index (χ4v) is 2.07. The zero-order valence-electron chi connectivity index (χ0n) is 10.0. The topological polar surface area (TPSA) is 72.1 Å². The van der Waals surface area contributed by atoms with Crippen molar-refractivity contribution in [1.82, 2.24) is 14.9 Å². The molecule has 0 aliphatic carbocycles. The lowest BCUT2D eigenvalue weighted by Gasteiger charge is -2.33. The zero-order valence-corrected chi connectivity index (χ0v) is 10.0. The quantitative estimate of drug-likeness (QED) is 0.841. The van der Waals surface area contributed by atoms with Gasteiger partial charge in [0.05, 0.1) is 18.3 Å². The zero-order chi connectivity index (χ0) is 14.0. The lowest BCUT2D eigenvalue weighted by molar-refractivity contribution is -0.184. The molecule has 1 fully saturated rings. The molecule has 2 heterocycles. The second-order valence-electron chi connectivity index (χ2n) is 4.46. The summed E-state index contributed by atoms with van der Waals surface area (Å²) in [5.41, 5.74) is 5.37. The minimum atomic E-state index is -4.28. The van der Waals surface area contributed by atoms with E-state index in [0.29, 0.717) is 13.0 Å². The molecule has 2 rings (SSSR count). The second kappa shape index (κ2) is 5.02. The Morgan fingerprint density at radius 2 is 2.16 bits per heavy atom. The summed E-state index contributed by atoms with van der Waals surface area (Å²) < 4.78 is 38.0. The van der Waals surface area contributed by atoms with E-state index in [-0.39, 0.29) is 24.5 Å². The monoisotopic (exact) mass is 274 g/mol. The highest BCUT2D eigenvalue weighted by Gasteiger charge is 2.42. The Morgan fingerprint density at radius 1 is 1.42 bits per heavy atom. The van der Waals surface area contributed by atoms with E-state index in [1.807, 2.05) is 0 Å². The highest BCUT2D eigenvalue weighted by molar-refractivity contribution is 5.92. The van der Waals surface area contributed by atoms with Crippen LogP contribution in [-0.4, -0.2) is 40.0 Å². The molecule has 0 bridgehead atoms. The number of carbonyl (C=O) groups is 1. The average molecular weight is 274 g/mol. The van der Waals surface area contributed by atoms with Crippen molar-refractivity contribution in [2.45, 2.75) is 19.0 Å². The first-order valence-corrected chi connectivity index (χ1v) is 5.81. The van der Waals surface area contributed by atoms with Crippen LogP contribution in [0.1, 0.15) is 23.3 Å². The van der Waals surface area contributed by atoms with Gasteiger partial charge in [-0.15, -0.1) is 0 Å². The highest BCUT2D eigenvalue weighted by Crippen LogP contribution is 2.33. The number of nitrogens with zero attached hydrogens (tertiary/aromatic N) is 3. The predicted molar refractivity (Wildman–Crippen MR) is 61.1 cm³/mol. The molecule has 0 saturated carbocycles. The predicted octanol–water partition coefficient (Wildman–Crippen LogP) is 1.47. The third-order valence-corrected chi connectivity index (χ3v) is 3.04. The van der Waals surface area contributed by atoms with Crippen LogP contribution in [0.2, 0.25) is 0 Å². The van der Waals surface area contributed by atoms with E-state index < -0.39 is 18.0 Å². The lowest BCUT2D eigenvalue weighted by atomic mass is 9.97. The van der Waals surface area contributed by atoms with Crippen molar-refractivity contribution >= 4 is 11.7 Å². The molecule has 1 aliphatic rings. The van der Waals surface area contributed by atoms with E-state index in [1.165, 1.54) is 12.4 Å². The van der Waals surface area contributed by atoms with E-state index >= 15 is 0 Å². The number of amides is 1. The molecule has 1 unspecified atom stereocenters. The molecular weight excluding hydrogens is 261 g/mol. The van der Waals surface area contributed by atoms with Crippen LogP contribution in [0, 0.1) is 5.92 Å². The van der Waals surface area contributed by atoms with Crippen LogP contribution in [0.5, 0.6) is 0 Å². The summed E-state index contributed by atoms with van der Waals surface area (Å²) in [4.78, 5) is 20.7. The number of piperidine rings is 1. The van der Waals surface area contributed by atoms with Crippen LogP contribution in [0.25, 0.3) is 0 Å². The van der Waals surface area contributed by atoms with Gasteiger partial charge in [-0.2, -0.15) is 13.2 Å². The maximum Gasteiger partial charge on any atom is 0.393 e. The van der Waals surface area contributed by atoms with Crippen LogP contribution >= 0.6 is 0 Å². The van der Waals surface area contributed by atoms with Gasteiger partial charge in [0.15, 0.2) is 0 Å². The van der Waals surface area contributed by atoms with Gasteiger partial charge >= 0.3 is 6.18 Å². The Hall–Kier alpha value is -1.86. The number of halogens is 3. The smallest absolute Gasteiger partial charge is 0.382 e. The third kappa shape index (κ3) is 3.12. The van der Waals surface area contributed by atoms with Crippen LogP contribution in [-0.2, 0) is 0 Å². The molecule has 0 aromatic carbocycles. The van der Waals surface area contributed by atoms with Crippen molar-refractivity contribution < 1.29 is 18.0 Å². The Bertz CT molecular complexity index is 477. The molecule has 1 amide bonds. The van der Waals surface area contributed by atoms with E-state index in [0.717, 1.165) is 4.90 Å². The number of nitrogen functional groups attached to an aromatic ring is 1. The fraction of sp³-hybridized carbons (Fsp3) is 0.545. The molecule has 1 atom stereocenters. The Balaban J connectivity index is 2.11. The van der Waals surface area contributed by atoms with Gasteiger partial charge < -0.3 is 10.6 Å². The SMILES string of the molecule is Nc1cncc(C(=O)N2CCCC(C(F)(F)F)C2)n1. The van der Waals surface area contributed by atoms with Crippen LogP contribution in [0.3, 0.4) is 0 Å². The summed E-state index contributed by atoms with van der Waals surface area (Å²) >= 11 is 0. The summed E-state index contributed by atoms with van der Waals surface area (Å²) in [6.07, 6.45) is -1.43. The molecule has 1 aliphatic heterocycles. The largest absolute Gasteiger partial charge is 0.393 e. The third-order valence-electron chi connectivity index (χ3n) is 3.04. The number of alkyl halides is 3. The lowest BCUT2D eigenvalue weighted by Crippen LogP contribution is -2.44. The van der Waals surface area contributed by atoms with E-state index in [2.05, 4.69) is 9.97 Å². The number of hydrogen-bond donors (Lipinski definition) is 1. The molecule has 0 radical (unpaired) electrons. The number of rotatable bonds is 1. The second-order valence-corrected chi connectivity index (χ2v) is 4.46. The molecule has 1 saturated heterocycles. The first kappa shape index (κ1) is 13.6. The standard InChI is InChI=1S/C11H13F3N4O/c12-11(13,14)7-2-1-3-18(6-7)10(19)8-4-16-5-9(15)17-8/h4-5,7H,1-3,6H2,(H2,15,17). The number of likely N-dealkylation sites (tertiary alicyclic amines) is 1. The Kier molecular flexibility index (Phi) is 3.59. The van der Waals surface area contributed by atoms with E-state index in [4.69, 9.17) is 5.73 Å². The van der Waals surface area contributed by atoms with Crippen LogP contribution in [0.15, 0.2) is 12.4 Å². The molecule has 5 nitrogen and oxygen atoms in total. The van der Waals surface area contributed by atoms with E-state index in [1.54, 1.807) is 0 Å². The van der Waals surface area contributed by atoms with Crippen LogP contribution in [0.4, 0.5) is 19.0 Å². The number of nitrogens with two attached hydrogens (primary N) is 1. The molecule has 8 heteroatoms. The summed E-state index contributed by atoms with van der Waals surface area (Å²) in [6.45, 7) is -0.0410. The van der Waals surface area contributed by atoms with Gasteiger partial charge in [-0.1, -0.05) is 0 Å². The Labute approximate surface area is 107 Å². The van der Waals surface area contributed by atoms with Gasteiger partial charge in [0.1, 0.15) is 11.5 Å². The molecule has 0 spiro atoms. The van der Waals surface area contributed by atoms with Crippen molar-refractivity contribution in [1.29, 1.82) is 0 Å². The first-order valence-electron chi connectivity index (χ1n) is 5.81. The van der Waals surface area contributed by atoms with Crippen molar-refractivity contribution in [3.63, 3.8) is 0 Å². The normalized spacial score (nSPS) is 20.4. The molecule has 19 heavy (non-hydrogen) atoms.